The molecular formula is C15H24N2O3S. The zero-order valence-electron chi connectivity index (χ0n) is 12.8. The monoisotopic (exact) mass is 312 g/mol. The summed E-state index contributed by atoms with van der Waals surface area (Å²) in [5, 5.41) is 0. The number of hydrogen-bond acceptors (Lipinski definition) is 4. The van der Waals surface area contributed by atoms with Gasteiger partial charge >= 0.3 is 0 Å². The third-order valence-corrected chi connectivity index (χ3v) is 5.59. The number of ether oxygens (including phenoxy) is 1. The van der Waals surface area contributed by atoms with E-state index in [0.29, 0.717) is 11.3 Å². The van der Waals surface area contributed by atoms with Gasteiger partial charge in [0.1, 0.15) is 5.75 Å². The van der Waals surface area contributed by atoms with Crippen LogP contribution in [0.1, 0.15) is 38.7 Å². The van der Waals surface area contributed by atoms with E-state index in [1.165, 1.54) is 0 Å². The summed E-state index contributed by atoms with van der Waals surface area (Å²) < 4.78 is 32.9. The van der Waals surface area contributed by atoms with Crippen LogP contribution in [-0.4, -0.2) is 21.6 Å². The molecule has 0 heterocycles. The van der Waals surface area contributed by atoms with Crippen LogP contribution in [0.5, 0.6) is 5.75 Å². The molecule has 21 heavy (non-hydrogen) atoms. The second-order valence-corrected chi connectivity index (χ2v) is 8.12. The van der Waals surface area contributed by atoms with E-state index >= 15 is 0 Å². The van der Waals surface area contributed by atoms with Gasteiger partial charge in [-0.2, -0.15) is 0 Å². The lowest BCUT2D eigenvalue weighted by atomic mass is 9.92. The van der Waals surface area contributed by atoms with Crippen molar-refractivity contribution < 1.29 is 13.2 Å². The minimum Gasteiger partial charge on any atom is -0.496 e. The molecule has 0 aromatic heterocycles. The molecule has 3 N–H and O–H groups in total. The normalized spacial score (nSPS) is 21.4. The smallest absolute Gasteiger partial charge is 0.240 e. The van der Waals surface area contributed by atoms with Crippen LogP contribution in [0.25, 0.3) is 0 Å². The van der Waals surface area contributed by atoms with Gasteiger partial charge in [-0.15, -0.1) is 0 Å². The molecule has 6 heteroatoms. The number of nitrogens with two attached hydrogens (primary N) is 1. The van der Waals surface area contributed by atoms with E-state index in [0.717, 1.165) is 19.3 Å². The lowest BCUT2D eigenvalue weighted by Crippen LogP contribution is -2.33. The van der Waals surface area contributed by atoms with E-state index in [-0.39, 0.29) is 22.9 Å². The highest BCUT2D eigenvalue weighted by molar-refractivity contribution is 7.89. The first-order valence-corrected chi connectivity index (χ1v) is 8.65. The van der Waals surface area contributed by atoms with Crippen molar-refractivity contribution >= 4 is 10.0 Å². The lowest BCUT2D eigenvalue weighted by Gasteiger charge is -2.18. The molecule has 0 saturated heterocycles. The van der Waals surface area contributed by atoms with E-state index in [1.54, 1.807) is 25.3 Å². The number of methoxy groups -OCH3 is 1. The van der Waals surface area contributed by atoms with E-state index in [4.69, 9.17) is 10.5 Å². The summed E-state index contributed by atoms with van der Waals surface area (Å²) in [4.78, 5) is 0.244. The van der Waals surface area contributed by atoms with Gasteiger partial charge in [-0.3, -0.25) is 0 Å². The van der Waals surface area contributed by atoms with Gasteiger partial charge in [0, 0.05) is 18.2 Å². The molecule has 0 aliphatic heterocycles. The molecule has 1 unspecified atom stereocenters. The molecule has 0 amide bonds. The van der Waals surface area contributed by atoms with Crippen molar-refractivity contribution in [3.05, 3.63) is 23.8 Å². The maximum Gasteiger partial charge on any atom is 0.240 e. The Morgan fingerprint density at radius 2 is 2.14 bits per heavy atom. The van der Waals surface area contributed by atoms with Crippen molar-refractivity contribution in [2.75, 3.05) is 7.11 Å². The minimum absolute atomic E-state index is 0.00780. The molecule has 1 saturated carbocycles. The Balaban J connectivity index is 2.20. The van der Waals surface area contributed by atoms with Gasteiger partial charge in [0.05, 0.1) is 12.0 Å². The molecule has 0 spiro atoms. The number of benzene rings is 1. The molecule has 5 nitrogen and oxygen atoms in total. The van der Waals surface area contributed by atoms with Gasteiger partial charge in [-0.25, -0.2) is 13.1 Å². The Hall–Kier alpha value is -1.11. The average Bonchev–Trinajstić information content (AvgIpc) is 2.76. The Morgan fingerprint density at radius 3 is 2.67 bits per heavy atom. The van der Waals surface area contributed by atoms with E-state index in [9.17, 15) is 8.42 Å². The summed E-state index contributed by atoms with van der Waals surface area (Å²) >= 11 is 0. The molecule has 0 bridgehead atoms. The summed E-state index contributed by atoms with van der Waals surface area (Å²) in [5.41, 5.74) is 6.53. The fourth-order valence-corrected chi connectivity index (χ4v) is 4.23. The molecule has 1 aliphatic carbocycles. The zero-order chi connectivity index (χ0) is 15.7. The Kier molecular flexibility index (Phi) is 4.60. The predicted molar refractivity (Wildman–Crippen MR) is 82.6 cm³/mol. The second-order valence-electron chi connectivity index (χ2n) is 6.40. The summed E-state index contributed by atoms with van der Waals surface area (Å²) in [5.74, 6) is 0.610. The highest BCUT2D eigenvalue weighted by atomic mass is 32.2. The SMILES string of the molecule is COc1ccc(S(=O)(=O)NC2CCC(C)(C)C2)cc1CN. The molecule has 1 atom stereocenters. The van der Waals surface area contributed by atoms with Crippen LogP contribution in [0, 0.1) is 5.41 Å². The zero-order valence-corrected chi connectivity index (χ0v) is 13.7. The number of hydrogen-bond donors (Lipinski definition) is 2. The number of sulfonamides is 1. The second kappa shape index (κ2) is 5.94. The van der Waals surface area contributed by atoms with Crippen molar-refractivity contribution in [3.63, 3.8) is 0 Å². The molecule has 1 fully saturated rings. The van der Waals surface area contributed by atoms with Gasteiger partial charge in [0.2, 0.25) is 10.0 Å². The minimum atomic E-state index is -3.51. The highest BCUT2D eigenvalue weighted by Gasteiger charge is 2.33. The Labute approximate surface area is 126 Å². The molecule has 1 aliphatic rings. The van der Waals surface area contributed by atoms with Crippen LogP contribution < -0.4 is 15.2 Å². The van der Waals surface area contributed by atoms with Crippen LogP contribution in [-0.2, 0) is 16.6 Å². The Morgan fingerprint density at radius 1 is 1.43 bits per heavy atom. The van der Waals surface area contributed by atoms with Crippen molar-refractivity contribution in [3.8, 4) is 5.75 Å². The largest absolute Gasteiger partial charge is 0.496 e. The molecular weight excluding hydrogens is 288 g/mol. The fourth-order valence-electron chi connectivity index (χ4n) is 2.91. The average molecular weight is 312 g/mol. The molecule has 1 aromatic rings. The van der Waals surface area contributed by atoms with E-state index in [2.05, 4.69) is 18.6 Å². The van der Waals surface area contributed by atoms with Crippen molar-refractivity contribution in [1.29, 1.82) is 0 Å². The van der Waals surface area contributed by atoms with Crippen LogP contribution in [0.2, 0.25) is 0 Å². The summed E-state index contributed by atoms with van der Waals surface area (Å²) in [7, 11) is -1.97. The number of rotatable bonds is 5. The first kappa shape index (κ1) is 16.3. The van der Waals surface area contributed by atoms with Gasteiger partial charge < -0.3 is 10.5 Å². The Bertz CT molecular complexity index is 611. The fraction of sp³-hybridized carbons (Fsp3) is 0.600. The number of nitrogens with one attached hydrogen (secondary N) is 1. The van der Waals surface area contributed by atoms with Gasteiger partial charge in [-0.1, -0.05) is 13.8 Å². The van der Waals surface area contributed by atoms with Crippen molar-refractivity contribution in [2.45, 2.75) is 50.6 Å². The molecule has 2 rings (SSSR count). The van der Waals surface area contributed by atoms with Gasteiger partial charge in [-0.05, 0) is 42.9 Å². The van der Waals surface area contributed by atoms with E-state index in [1.807, 2.05) is 0 Å². The molecule has 118 valence electrons. The topological polar surface area (TPSA) is 81.4 Å². The molecule has 1 aromatic carbocycles. The predicted octanol–water partition coefficient (Wildman–Crippen LogP) is 2.01. The maximum atomic E-state index is 12.5. The van der Waals surface area contributed by atoms with Gasteiger partial charge in [0.25, 0.3) is 0 Å². The van der Waals surface area contributed by atoms with Crippen LogP contribution >= 0.6 is 0 Å². The van der Waals surface area contributed by atoms with Crippen LogP contribution in [0.3, 0.4) is 0 Å². The maximum absolute atomic E-state index is 12.5. The van der Waals surface area contributed by atoms with Crippen molar-refractivity contribution in [1.82, 2.24) is 4.72 Å². The third-order valence-electron chi connectivity index (χ3n) is 4.07. The quantitative estimate of drug-likeness (QED) is 0.871. The summed E-state index contributed by atoms with van der Waals surface area (Å²) in [6.45, 7) is 4.57. The van der Waals surface area contributed by atoms with Crippen LogP contribution in [0.15, 0.2) is 23.1 Å². The summed E-state index contributed by atoms with van der Waals surface area (Å²) in [6.07, 6.45) is 2.79. The molecule has 0 radical (unpaired) electrons. The third kappa shape index (κ3) is 3.75. The summed E-state index contributed by atoms with van der Waals surface area (Å²) in [6, 6.07) is 4.80. The van der Waals surface area contributed by atoms with Gasteiger partial charge in [0.15, 0.2) is 0 Å². The van der Waals surface area contributed by atoms with Crippen LogP contribution in [0.4, 0.5) is 0 Å². The first-order chi connectivity index (χ1) is 9.77. The first-order valence-electron chi connectivity index (χ1n) is 7.17. The van der Waals surface area contributed by atoms with Crippen molar-refractivity contribution in [2.24, 2.45) is 11.1 Å². The standard InChI is InChI=1S/C15H24N2O3S/c1-15(2)7-6-12(9-15)17-21(18,19)13-4-5-14(20-3)11(8-13)10-16/h4-5,8,12,17H,6-7,9-10,16H2,1-3H3. The lowest BCUT2D eigenvalue weighted by molar-refractivity contribution is 0.372. The van der Waals surface area contributed by atoms with E-state index < -0.39 is 10.0 Å². The highest BCUT2D eigenvalue weighted by Crippen LogP contribution is 2.37.